The quantitative estimate of drug-likeness (QED) is 0.802. The molecule has 6 nitrogen and oxygen atoms in total. The van der Waals surface area contributed by atoms with E-state index in [4.69, 9.17) is 4.74 Å². The fourth-order valence-electron chi connectivity index (χ4n) is 1.76. The average Bonchev–Trinajstić information content (AvgIpc) is 2.55. The number of nitrogens with one attached hydrogen (secondary N) is 2. The first kappa shape index (κ1) is 11.6. The first-order chi connectivity index (χ1) is 8.29. The highest BCUT2D eigenvalue weighted by Gasteiger charge is 2.21. The van der Waals surface area contributed by atoms with Crippen molar-refractivity contribution in [2.45, 2.75) is 25.3 Å². The topological polar surface area (TPSA) is 76.1 Å². The second kappa shape index (κ2) is 5.47. The minimum atomic E-state index is -0.260. The van der Waals surface area contributed by atoms with Crippen LogP contribution < -0.4 is 15.4 Å². The van der Waals surface area contributed by atoms with Gasteiger partial charge in [0.1, 0.15) is 6.04 Å². The molecule has 1 fully saturated rings. The maximum atomic E-state index is 11.7. The summed E-state index contributed by atoms with van der Waals surface area (Å²) >= 11 is 0. The molecule has 2 heterocycles. The number of anilines is 1. The Hall–Kier alpha value is -1.85. The zero-order chi connectivity index (χ0) is 12.1. The molecule has 1 aliphatic heterocycles. The second-order valence-electron chi connectivity index (χ2n) is 3.91. The Labute approximate surface area is 99.8 Å². The predicted octanol–water partition coefficient (Wildman–Crippen LogP) is 0.566. The number of hydrogen-bond acceptors (Lipinski definition) is 5. The van der Waals surface area contributed by atoms with Gasteiger partial charge < -0.3 is 15.4 Å². The summed E-state index contributed by atoms with van der Waals surface area (Å²) in [5, 5.41) is 5.89. The monoisotopic (exact) mass is 236 g/mol. The molecule has 0 unspecified atom stereocenters. The van der Waals surface area contributed by atoms with Gasteiger partial charge in [-0.05, 0) is 19.3 Å². The molecule has 1 aliphatic rings. The highest BCUT2D eigenvalue weighted by atomic mass is 16.5. The minimum absolute atomic E-state index is 0.00826. The van der Waals surface area contributed by atoms with Crippen molar-refractivity contribution in [3.8, 4) is 5.88 Å². The highest BCUT2D eigenvalue weighted by Crippen LogP contribution is 2.12. The van der Waals surface area contributed by atoms with Gasteiger partial charge in [-0.3, -0.25) is 4.79 Å². The zero-order valence-corrected chi connectivity index (χ0v) is 9.77. The van der Waals surface area contributed by atoms with E-state index in [0.717, 1.165) is 25.8 Å². The van der Waals surface area contributed by atoms with Crippen molar-refractivity contribution in [2.75, 3.05) is 19.0 Å². The Morgan fingerprint density at radius 2 is 2.41 bits per heavy atom. The number of methoxy groups -OCH3 is 1. The molecule has 1 aromatic heterocycles. The molecular formula is C11H16N4O2. The standard InChI is InChI=1S/C11H16N4O2/c1-17-9-5-7-13-11(15-9)14-8-4-2-3-6-12-10(8)16/h5,7-8H,2-4,6H2,1H3,(H,12,16)(H,13,14,15)/t8-/m0/s1. The molecule has 2 N–H and O–H groups in total. The SMILES string of the molecule is COc1ccnc(N[C@H]2CCCCNC2=O)n1. The maximum Gasteiger partial charge on any atom is 0.242 e. The second-order valence-corrected chi connectivity index (χ2v) is 3.91. The van der Waals surface area contributed by atoms with Gasteiger partial charge in [0.15, 0.2) is 0 Å². The Balaban J connectivity index is 2.05. The molecule has 0 aromatic carbocycles. The van der Waals surface area contributed by atoms with Gasteiger partial charge in [-0.15, -0.1) is 0 Å². The molecule has 0 radical (unpaired) electrons. The van der Waals surface area contributed by atoms with Crippen molar-refractivity contribution >= 4 is 11.9 Å². The molecule has 2 rings (SSSR count). The summed E-state index contributed by atoms with van der Waals surface area (Å²) in [7, 11) is 1.55. The van der Waals surface area contributed by atoms with Crippen molar-refractivity contribution < 1.29 is 9.53 Å². The normalized spacial score (nSPS) is 20.3. The molecule has 1 amide bonds. The van der Waals surface area contributed by atoms with Crippen molar-refractivity contribution in [3.63, 3.8) is 0 Å². The summed E-state index contributed by atoms with van der Waals surface area (Å²) in [4.78, 5) is 19.9. The van der Waals surface area contributed by atoms with Crippen LogP contribution in [0.5, 0.6) is 5.88 Å². The first-order valence-corrected chi connectivity index (χ1v) is 5.71. The lowest BCUT2D eigenvalue weighted by Gasteiger charge is -2.14. The highest BCUT2D eigenvalue weighted by molar-refractivity contribution is 5.84. The van der Waals surface area contributed by atoms with Crippen molar-refractivity contribution in [3.05, 3.63) is 12.3 Å². The maximum absolute atomic E-state index is 11.7. The summed E-state index contributed by atoms with van der Waals surface area (Å²) in [6.07, 6.45) is 4.43. The summed E-state index contributed by atoms with van der Waals surface area (Å²) in [5.41, 5.74) is 0. The van der Waals surface area contributed by atoms with Crippen LogP contribution in [-0.2, 0) is 4.79 Å². The predicted molar refractivity (Wildman–Crippen MR) is 62.9 cm³/mol. The van der Waals surface area contributed by atoms with Crippen LogP contribution in [0, 0.1) is 0 Å². The number of ether oxygens (including phenoxy) is 1. The largest absolute Gasteiger partial charge is 0.481 e. The Morgan fingerprint density at radius 1 is 1.53 bits per heavy atom. The number of nitrogens with zero attached hydrogens (tertiary/aromatic N) is 2. The molecule has 17 heavy (non-hydrogen) atoms. The molecular weight excluding hydrogens is 220 g/mol. The number of amides is 1. The molecule has 0 aliphatic carbocycles. The van der Waals surface area contributed by atoms with Gasteiger partial charge in [-0.25, -0.2) is 4.98 Å². The van der Waals surface area contributed by atoms with Gasteiger partial charge in [-0.2, -0.15) is 4.98 Å². The number of hydrogen-bond donors (Lipinski definition) is 2. The van der Waals surface area contributed by atoms with Crippen molar-refractivity contribution in [1.82, 2.24) is 15.3 Å². The van der Waals surface area contributed by atoms with Crippen molar-refractivity contribution in [2.24, 2.45) is 0 Å². The summed E-state index contributed by atoms with van der Waals surface area (Å²) in [6, 6.07) is 1.41. The number of rotatable bonds is 3. The van der Waals surface area contributed by atoms with E-state index in [2.05, 4.69) is 20.6 Å². The first-order valence-electron chi connectivity index (χ1n) is 5.71. The van der Waals surface area contributed by atoms with Gasteiger partial charge in [-0.1, -0.05) is 0 Å². The third-order valence-electron chi connectivity index (χ3n) is 2.68. The summed E-state index contributed by atoms with van der Waals surface area (Å²) < 4.78 is 5.00. The van der Waals surface area contributed by atoms with E-state index < -0.39 is 0 Å². The van der Waals surface area contributed by atoms with E-state index >= 15 is 0 Å². The molecule has 6 heteroatoms. The fourth-order valence-corrected chi connectivity index (χ4v) is 1.76. The Morgan fingerprint density at radius 3 is 3.24 bits per heavy atom. The van der Waals surface area contributed by atoms with E-state index in [1.165, 1.54) is 0 Å². The Bertz CT molecular complexity index is 397. The zero-order valence-electron chi connectivity index (χ0n) is 9.77. The van der Waals surface area contributed by atoms with Gasteiger partial charge in [0.2, 0.25) is 17.7 Å². The van der Waals surface area contributed by atoms with E-state index in [0.29, 0.717) is 11.8 Å². The molecule has 0 bridgehead atoms. The van der Waals surface area contributed by atoms with Gasteiger partial charge in [0.05, 0.1) is 7.11 Å². The van der Waals surface area contributed by atoms with E-state index in [1.54, 1.807) is 19.4 Å². The van der Waals surface area contributed by atoms with Gasteiger partial charge in [0.25, 0.3) is 0 Å². The van der Waals surface area contributed by atoms with Crippen LogP contribution in [0.2, 0.25) is 0 Å². The van der Waals surface area contributed by atoms with E-state index in [-0.39, 0.29) is 11.9 Å². The lowest BCUT2D eigenvalue weighted by atomic mass is 10.1. The van der Waals surface area contributed by atoms with Crippen LogP contribution in [0.4, 0.5) is 5.95 Å². The number of aromatic nitrogens is 2. The molecule has 1 saturated heterocycles. The summed E-state index contributed by atoms with van der Waals surface area (Å²) in [6.45, 7) is 0.746. The molecule has 0 spiro atoms. The Kier molecular flexibility index (Phi) is 3.74. The third kappa shape index (κ3) is 3.05. The lowest BCUT2D eigenvalue weighted by Crippen LogP contribution is -2.38. The molecule has 0 saturated carbocycles. The number of carbonyl (C=O) groups excluding carboxylic acids is 1. The van der Waals surface area contributed by atoms with E-state index in [1.807, 2.05) is 0 Å². The van der Waals surface area contributed by atoms with Gasteiger partial charge in [0, 0.05) is 18.8 Å². The minimum Gasteiger partial charge on any atom is -0.481 e. The fraction of sp³-hybridized carbons (Fsp3) is 0.545. The smallest absolute Gasteiger partial charge is 0.242 e. The molecule has 92 valence electrons. The number of carbonyl (C=O) groups is 1. The van der Waals surface area contributed by atoms with Crippen LogP contribution in [0.3, 0.4) is 0 Å². The van der Waals surface area contributed by atoms with Crippen LogP contribution in [0.1, 0.15) is 19.3 Å². The average molecular weight is 236 g/mol. The molecule has 1 aromatic rings. The van der Waals surface area contributed by atoms with Crippen LogP contribution >= 0.6 is 0 Å². The van der Waals surface area contributed by atoms with E-state index in [9.17, 15) is 4.79 Å². The molecule has 1 atom stereocenters. The summed E-state index contributed by atoms with van der Waals surface area (Å²) in [5.74, 6) is 0.914. The van der Waals surface area contributed by atoms with Crippen LogP contribution in [-0.4, -0.2) is 35.6 Å². The van der Waals surface area contributed by atoms with Crippen molar-refractivity contribution in [1.29, 1.82) is 0 Å². The van der Waals surface area contributed by atoms with Crippen LogP contribution in [0.15, 0.2) is 12.3 Å². The lowest BCUT2D eigenvalue weighted by molar-refractivity contribution is -0.121. The van der Waals surface area contributed by atoms with Crippen LogP contribution in [0.25, 0.3) is 0 Å². The van der Waals surface area contributed by atoms with Gasteiger partial charge >= 0.3 is 0 Å². The third-order valence-corrected chi connectivity index (χ3v) is 2.68.